The molecule has 3 aromatic rings. The molecule has 152 valence electrons. The van der Waals surface area contributed by atoms with Crippen molar-refractivity contribution >= 4 is 33.1 Å². The Bertz CT molecular complexity index is 1150. The van der Waals surface area contributed by atoms with Crippen LogP contribution in [0.4, 0.5) is 11.5 Å². The lowest BCUT2D eigenvalue weighted by molar-refractivity contribution is -0.385. The summed E-state index contributed by atoms with van der Waals surface area (Å²) in [5.74, 6) is 1.47. The molecule has 0 bridgehead atoms. The summed E-state index contributed by atoms with van der Waals surface area (Å²) in [4.78, 5) is 41.1. The first-order valence-electron chi connectivity index (χ1n) is 9.40. The third-order valence-electron chi connectivity index (χ3n) is 5.38. The predicted molar refractivity (Wildman–Crippen MR) is 113 cm³/mol. The molecule has 1 aliphatic rings. The van der Waals surface area contributed by atoms with E-state index in [0.29, 0.717) is 17.8 Å². The zero-order valence-corrected chi connectivity index (χ0v) is 17.4. The summed E-state index contributed by atoms with van der Waals surface area (Å²) < 4.78 is 0. The van der Waals surface area contributed by atoms with Gasteiger partial charge in [-0.05, 0) is 31.9 Å². The number of nitrogens with zero attached hydrogens (tertiary/aromatic N) is 5. The van der Waals surface area contributed by atoms with Gasteiger partial charge in [-0.1, -0.05) is 0 Å². The summed E-state index contributed by atoms with van der Waals surface area (Å²) in [6, 6.07) is 1.56. The highest BCUT2D eigenvalue weighted by atomic mass is 32.1. The summed E-state index contributed by atoms with van der Waals surface area (Å²) in [7, 11) is 0. The van der Waals surface area contributed by atoms with Crippen molar-refractivity contribution in [3.63, 3.8) is 0 Å². The standard InChI is InChI=1S/C19H22N6O3S/c1-11-8-14(25(27)28)9-20-17(11)24-6-4-23(5-7-24)10-15-21-18(26)16-12(2)13(3)29-19(16)22-15/h8-9H,4-7,10H2,1-3H3,(H,21,22,26). The molecule has 4 rings (SSSR count). The third-order valence-corrected chi connectivity index (χ3v) is 6.48. The van der Waals surface area contributed by atoms with Gasteiger partial charge in [0.05, 0.1) is 16.9 Å². The van der Waals surface area contributed by atoms with E-state index in [0.717, 1.165) is 52.8 Å². The Morgan fingerprint density at radius 1 is 1.24 bits per heavy atom. The number of anilines is 1. The van der Waals surface area contributed by atoms with E-state index < -0.39 is 4.92 Å². The molecule has 0 atom stereocenters. The molecule has 0 spiro atoms. The van der Waals surface area contributed by atoms with Crippen molar-refractivity contribution in [2.24, 2.45) is 0 Å². The van der Waals surface area contributed by atoms with Crippen LogP contribution >= 0.6 is 11.3 Å². The minimum Gasteiger partial charge on any atom is -0.354 e. The van der Waals surface area contributed by atoms with Crippen LogP contribution in [-0.2, 0) is 6.54 Å². The van der Waals surface area contributed by atoms with Crippen molar-refractivity contribution in [2.45, 2.75) is 27.3 Å². The Morgan fingerprint density at radius 2 is 1.97 bits per heavy atom. The van der Waals surface area contributed by atoms with Crippen molar-refractivity contribution in [3.8, 4) is 0 Å². The lowest BCUT2D eigenvalue weighted by Gasteiger charge is -2.35. The highest BCUT2D eigenvalue weighted by molar-refractivity contribution is 7.18. The molecule has 0 unspecified atom stereocenters. The van der Waals surface area contributed by atoms with Crippen LogP contribution in [0.1, 0.15) is 21.8 Å². The van der Waals surface area contributed by atoms with Crippen molar-refractivity contribution in [3.05, 3.63) is 54.6 Å². The highest BCUT2D eigenvalue weighted by Gasteiger charge is 2.22. The molecule has 0 saturated carbocycles. The summed E-state index contributed by atoms with van der Waals surface area (Å²) in [5.41, 5.74) is 1.74. The Kier molecular flexibility index (Phi) is 5.05. The number of aryl methyl sites for hydroxylation is 3. The first-order valence-corrected chi connectivity index (χ1v) is 10.2. The molecular weight excluding hydrogens is 392 g/mol. The number of rotatable bonds is 4. The van der Waals surface area contributed by atoms with Gasteiger partial charge in [-0.15, -0.1) is 11.3 Å². The first kappa shape index (κ1) is 19.5. The second-order valence-electron chi connectivity index (χ2n) is 7.33. The molecule has 0 radical (unpaired) electrons. The van der Waals surface area contributed by atoms with Gasteiger partial charge in [0.25, 0.3) is 11.2 Å². The quantitative estimate of drug-likeness (QED) is 0.516. The fourth-order valence-electron chi connectivity index (χ4n) is 3.69. The van der Waals surface area contributed by atoms with E-state index in [1.54, 1.807) is 17.4 Å². The molecule has 1 saturated heterocycles. The van der Waals surface area contributed by atoms with E-state index in [1.807, 2.05) is 20.8 Å². The van der Waals surface area contributed by atoms with Gasteiger partial charge < -0.3 is 9.88 Å². The Morgan fingerprint density at radius 3 is 2.62 bits per heavy atom. The summed E-state index contributed by atoms with van der Waals surface area (Å²) >= 11 is 1.56. The number of hydrogen-bond donors (Lipinski definition) is 1. The fourth-order valence-corrected chi connectivity index (χ4v) is 4.74. The van der Waals surface area contributed by atoms with Crippen LogP contribution in [-0.4, -0.2) is 51.0 Å². The van der Waals surface area contributed by atoms with Crippen molar-refractivity contribution in [1.82, 2.24) is 19.9 Å². The summed E-state index contributed by atoms with van der Waals surface area (Å²) in [6.45, 7) is 9.50. The van der Waals surface area contributed by atoms with E-state index in [9.17, 15) is 14.9 Å². The maximum Gasteiger partial charge on any atom is 0.287 e. The topological polar surface area (TPSA) is 108 Å². The molecule has 1 aliphatic heterocycles. The lowest BCUT2D eigenvalue weighted by Crippen LogP contribution is -2.46. The number of aromatic nitrogens is 3. The molecule has 10 heteroatoms. The Labute approximate surface area is 171 Å². The highest BCUT2D eigenvalue weighted by Crippen LogP contribution is 2.26. The molecule has 0 aromatic carbocycles. The predicted octanol–water partition coefficient (Wildman–Crippen LogP) is 2.54. The van der Waals surface area contributed by atoms with Crippen LogP contribution in [0.15, 0.2) is 17.1 Å². The van der Waals surface area contributed by atoms with Gasteiger partial charge in [0.2, 0.25) is 0 Å². The van der Waals surface area contributed by atoms with Crippen LogP contribution < -0.4 is 10.5 Å². The van der Waals surface area contributed by atoms with Gasteiger partial charge in [0, 0.05) is 37.1 Å². The van der Waals surface area contributed by atoms with Crippen LogP contribution in [0, 0.1) is 30.9 Å². The van der Waals surface area contributed by atoms with Crippen molar-refractivity contribution < 1.29 is 4.92 Å². The first-order chi connectivity index (χ1) is 13.8. The van der Waals surface area contributed by atoms with Gasteiger partial charge in [-0.3, -0.25) is 19.8 Å². The SMILES string of the molecule is Cc1cc([N+](=O)[O-])cnc1N1CCN(Cc2nc3sc(C)c(C)c3c(=O)[nH]2)CC1. The van der Waals surface area contributed by atoms with Gasteiger partial charge >= 0.3 is 0 Å². The molecular formula is C19H22N6O3S. The maximum absolute atomic E-state index is 12.5. The van der Waals surface area contributed by atoms with Gasteiger partial charge in [-0.25, -0.2) is 9.97 Å². The van der Waals surface area contributed by atoms with Gasteiger partial charge in [0.1, 0.15) is 22.7 Å². The third kappa shape index (κ3) is 3.73. The van der Waals surface area contributed by atoms with Gasteiger partial charge in [0.15, 0.2) is 0 Å². The Hall–Kier alpha value is -2.85. The van der Waals surface area contributed by atoms with E-state index in [4.69, 9.17) is 0 Å². The molecule has 1 N–H and O–H groups in total. The van der Waals surface area contributed by atoms with Crippen molar-refractivity contribution in [2.75, 3.05) is 31.1 Å². The second-order valence-corrected chi connectivity index (χ2v) is 8.53. The number of H-pyrrole nitrogens is 1. The smallest absolute Gasteiger partial charge is 0.287 e. The molecule has 1 fully saturated rings. The lowest BCUT2D eigenvalue weighted by atomic mass is 10.2. The number of piperazine rings is 1. The molecule has 4 heterocycles. The number of aromatic amines is 1. The zero-order valence-electron chi connectivity index (χ0n) is 16.6. The maximum atomic E-state index is 12.5. The zero-order chi connectivity index (χ0) is 20.7. The number of nitro groups is 1. The molecule has 9 nitrogen and oxygen atoms in total. The van der Waals surface area contributed by atoms with Crippen molar-refractivity contribution in [1.29, 1.82) is 0 Å². The van der Waals surface area contributed by atoms with Crippen LogP contribution in [0.25, 0.3) is 10.2 Å². The minimum atomic E-state index is -0.428. The largest absolute Gasteiger partial charge is 0.354 e. The average Bonchev–Trinajstić information content (AvgIpc) is 2.96. The summed E-state index contributed by atoms with van der Waals surface area (Å²) in [5, 5.41) is 11.6. The van der Waals surface area contributed by atoms with E-state index in [2.05, 4.69) is 24.8 Å². The molecule has 0 amide bonds. The Balaban J connectivity index is 1.45. The summed E-state index contributed by atoms with van der Waals surface area (Å²) in [6.07, 6.45) is 1.31. The van der Waals surface area contributed by atoms with E-state index >= 15 is 0 Å². The number of fused-ring (bicyclic) bond motifs is 1. The van der Waals surface area contributed by atoms with E-state index in [1.165, 1.54) is 6.20 Å². The second kappa shape index (κ2) is 7.53. The van der Waals surface area contributed by atoms with Crippen LogP contribution in [0.3, 0.4) is 0 Å². The molecule has 3 aromatic heterocycles. The van der Waals surface area contributed by atoms with E-state index in [-0.39, 0.29) is 11.2 Å². The monoisotopic (exact) mass is 414 g/mol. The minimum absolute atomic E-state index is 0.00866. The molecule has 0 aliphatic carbocycles. The number of pyridine rings is 1. The van der Waals surface area contributed by atoms with Gasteiger partial charge in [-0.2, -0.15) is 0 Å². The fraction of sp³-hybridized carbons (Fsp3) is 0.421. The van der Waals surface area contributed by atoms with Crippen LogP contribution in [0.2, 0.25) is 0 Å². The van der Waals surface area contributed by atoms with Crippen LogP contribution in [0.5, 0.6) is 0 Å². The average molecular weight is 414 g/mol. The number of thiophene rings is 1. The normalized spacial score (nSPS) is 15.2. The molecule has 29 heavy (non-hydrogen) atoms. The number of hydrogen-bond acceptors (Lipinski definition) is 8. The number of nitrogens with one attached hydrogen (secondary N) is 1.